The van der Waals surface area contributed by atoms with E-state index in [0.717, 1.165) is 25.7 Å². The molecule has 0 aromatic heterocycles. The van der Waals surface area contributed by atoms with E-state index in [2.05, 4.69) is 10.2 Å². The van der Waals surface area contributed by atoms with Crippen molar-refractivity contribution in [3.8, 4) is 0 Å². The zero-order chi connectivity index (χ0) is 16.8. The molecular weight excluding hydrogens is 326 g/mol. The monoisotopic (exact) mass is 353 g/mol. The van der Waals surface area contributed by atoms with E-state index in [9.17, 15) is 20.4 Å². The van der Waals surface area contributed by atoms with E-state index in [1.165, 1.54) is 11.8 Å². The van der Waals surface area contributed by atoms with Gasteiger partial charge in [0.1, 0.15) is 29.9 Å². The fourth-order valence-corrected chi connectivity index (χ4v) is 4.73. The van der Waals surface area contributed by atoms with Crippen molar-refractivity contribution < 1.29 is 35.3 Å². The second-order valence-electron chi connectivity index (χ2n) is 6.05. The summed E-state index contributed by atoms with van der Waals surface area (Å²) >= 11 is 1.42. The molecule has 1 aliphatic carbocycles. The van der Waals surface area contributed by atoms with Gasteiger partial charge in [-0.1, -0.05) is 12.8 Å². The number of nitrogens with one attached hydrogen (secondary N) is 1. The highest BCUT2D eigenvalue weighted by atomic mass is 32.2. The van der Waals surface area contributed by atoms with Gasteiger partial charge in [-0.2, -0.15) is 0 Å². The van der Waals surface area contributed by atoms with Gasteiger partial charge in [0.15, 0.2) is 0 Å². The average Bonchev–Trinajstić information content (AvgIpc) is 2.57. The number of rotatable bonds is 7. The number of thioether (sulfide) groups is 1. The summed E-state index contributed by atoms with van der Waals surface area (Å²) in [4.78, 5) is 4.07. The second kappa shape index (κ2) is 9.50. The van der Waals surface area contributed by atoms with Crippen molar-refractivity contribution in [1.82, 2.24) is 5.32 Å². The molecule has 8 nitrogen and oxygen atoms in total. The van der Waals surface area contributed by atoms with E-state index in [1.807, 2.05) is 0 Å². The lowest BCUT2D eigenvalue weighted by Gasteiger charge is -2.42. The summed E-state index contributed by atoms with van der Waals surface area (Å²) in [6, 6.07) is 0.191. The first-order chi connectivity index (χ1) is 11.1. The van der Waals surface area contributed by atoms with E-state index < -0.39 is 36.5 Å². The molecule has 0 spiro atoms. The maximum atomic E-state index is 10.1. The van der Waals surface area contributed by atoms with Gasteiger partial charge in [-0.05, 0) is 12.8 Å². The highest BCUT2D eigenvalue weighted by Crippen LogP contribution is 2.36. The molecular formula is C14H27NO7S. The van der Waals surface area contributed by atoms with E-state index >= 15 is 0 Å². The van der Waals surface area contributed by atoms with Crippen LogP contribution in [0.3, 0.4) is 0 Å². The Kier molecular flexibility index (Phi) is 7.99. The normalized spacial score (nSPS) is 41.9. The molecule has 2 aliphatic rings. The van der Waals surface area contributed by atoms with Crippen molar-refractivity contribution in [1.29, 1.82) is 0 Å². The first kappa shape index (κ1) is 19.4. The maximum Gasteiger partial charge on any atom is 0.132 e. The molecule has 0 radical (unpaired) electrons. The summed E-state index contributed by atoms with van der Waals surface area (Å²) in [6.07, 6.45) is -0.653. The smallest absolute Gasteiger partial charge is 0.132 e. The fourth-order valence-electron chi connectivity index (χ4n) is 3.14. The Hall–Kier alpha value is 0.0300. The fraction of sp³-hybridized carbons (Fsp3) is 1.00. The highest BCUT2D eigenvalue weighted by Gasteiger charge is 2.45. The Morgan fingerprint density at radius 2 is 1.83 bits per heavy atom. The lowest BCUT2D eigenvalue weighted by molar-refractivity contribution is -0.240. The molecule has 6 N–H and O–H groups in total. The van der Waals surface area contributed by atoms with E-state index in [4.69, 9.17) is 9.99 Å². The van der Waals surface area contributed by atoms with Crippen molar-refractivity contribution in [2.24, 2.45) is 0 Å². The molecule has 0 bridgehead atoms. The number of hydrogen-bond acceptors (Lipinski definition) is 9. The van der Waals surface area contributed by atoms with Crippen LogP contribution in [0.25, 0.3) is 0 Å². The van der Waals surface area contributed by atoms with Crippen molar-refractivity contribution >= 4 is 11.8 Å². The third-order valence-electron chi connectivity index (χ3n) is 4.46. The van der Waals surface area contributed by atoms with E-state index in [1.54, 1.807) is 0 Å². The van der Waals surface area contributed by atoms with Crippen LogP contribution < -0.4 is 5.32 Å². The van der Waals surface area contributed by atoms with Gasteiger partial charge in [0, 0.05) is 17.8 Å². The highest BCUT2D eigenvalue weighted by molar-refractivity contribution is 8.00. The maximum absolute atomic E-state index is 10.1. The molecule has 9 heteroatoms. The molecule has 1 saturated carbocycles. The molecule has 0 aromatic carbocycles. The topological polar surface area (TPSA) is 132 Å². The predicted octanol–water partition coefficient (Wildman–Crippen LogP) is -1.09. The van der Waals surface area contributed by atoms with Crippen molar-refractivity contribution in [2.45, 2.75) is 66.8 Å². The molecule has 23 heavy (non-hydrogen) atoms. The molecule has 0 aromatic rings. The Labute approximate surface area is 139 Å². The molecule has 7 atom stereocenters. The zero-order valence-electron chi connectivity index (χ0n) is 13.0. The van der Waals surface area contributed by atoms with Crippen LogP contribution in [-0.2, 0) is 9.62 Å². The Bertz CT molecular complexity index is 349. The first-order valence-corrected chi connectivity index (χ1v) is 8.98. The van der Waals surface area contributed by atoms with Crippen LogP contribution in [0.1, 0.15) is 25.7 Å². The van der Waals surface area contributed by atoms with Gasteiger partial charge in [-0.25, -0.2) is 4.89 Å². The third-order valence-corrected chi connectivity index (χ3v) is 6.03. The van der Waals surface area contributed by atoms with Crippen LogP contribution in [0.5, 0.6) is 0 Å². The van der Waals surface area contributed by atoms with Crippen molar-refractivity contribution in [2.75, 3.05) is 19.8 Å². The molecule has 0 amide bonds. The minimum Gasteiger partial charge on any atom is -0.394 e. The van der Waals surface area contributed by atoms with Gasteiger partial charge in [0.2, 0.25) is 0 Å². The number of ether oxygens (including phenoxy) is 1. The number of aliphatic hydroxyl groups is 4. The van der Waals surface area contributed by atoms with Crippen LogP contribution in [0.15, 0.2) is 0 Å². The van der Waals surface area contributed by atoms with Crippen LogP contribution in [0.4, 0.5) is 0 Å². The summed E-state index contributed by atoms with van der Waals surface area (Å²) in [6.45, 7) is 0.309. The quantitative estimate of drug-likeness (QED) is 0.192. The van der Waals surface area contributed by atoms with Crippen molar-refractivity contribution in [3.05, 3.63) is 0 Å². The summed E-state index contributed by atoms with van der Waals surface area (Å²) < 4.78 is 5.57. The minimum atomic E-state index is -1.34. The molecule has 2 rings (SSSR count). The Balaban J connectivity index is 1.94. The van der Waals surface area contributed by atoms with Gasteiger partial charge in [0.05, 0.1) is 13.2 Å². The third kappa shape index (κ3) is 5.00. The van der Waals surface area contributed by atoms with Gasteiger partial charge in [0.25, 0.3) is 0 Å². The second-order valence-corrected chi connectivity index (χ2v) is 7.39. The Morgan fingerprint density at radius 1 is 1.09 bits per heavy atom. The van der Waals surface area contributed by atoms with E-state index in [0.29, 0.717) is 6.54 Å². The summed E-state index contributed by atoms with van der Waals surface area (Å²) in [5.74, 6) is 0. The average molecular weight is 353 g/mol. The standard InChI is InChI=1S/C14H27NO7S/c16-7-9-11(17)12(18)13(19)14(22-9)23-10-4-2-1-3-8(10)15-5-6-21-20/h8-20H,1-7H2/t8?,9?,10?,11-,12?,13?,14-/m0/s1. The van der Waals surface area contributed by atoms with Gasteiger partial charge >= 0.3 is 0 Å². The first-order valence-electron chi connectivity index (χ1n) is 8.04. The summed E-state index contributed by atoms with van der Waals surface area (Å²) in [5, 5.41) is 51.0. The number of hydrogen-bond donors (Lipinski definition) is 6. The molecule has 1 saturated heterocycles. The van der Waals surface area contributed by atoms with E-state index in [-0.39, 0.29) is 17.9 Å². The minimum absolute atomic E-state index is 0.170. The van der Waals surface area contributed by atoms with Gasteiger partial charge in [-0.15, -0.1) is 11.8 Å². The summed E-state index contributed by atoms with van der Waals surface area (Å²) in [5.41, 5.74) is -0.702. The number of aliphatic hydroxyl groups excluding tert-OH is 4. The molecule has 5 unspecified atom stereocenters. The zero-order valence-corrected chi connectivity index (χ0v) is 13.8. The molecule has 2 fully saturated rings. The van der Waals surface area contributed by atoms with Gasteiger partial charge < -0.3 is 30.5 Å². The lowest BCUT2D eigenvalue weighted by Crippen LogP contribution is -2.58. The van der Waals surface area contributed by atoms with Crippen LogP contribution in [-0.4, -0.2) is 86.6 Å². The van der Waals surface area contributed by atoms with Crippen LogP contribution >= 0.6 is 11.8 Å². The molecule has 1 aliphatic heterocycles. The van der Waals surface area contributed by atoms with Crippen LogP contribution in [0.2, 0.25) is 0 Å². The van der Waals surface area contributed by atoms with Crippen LogP contribution in [0, 0.1) is 0 Å². The SMILES string of the molecule is OCC1O[C@@H](SC2CCCCC2NCCOO)C(O)C(O)[C@H]1O. The Morgan fingerprint density at radius 3 is 2.52 bits per heavy atom. The molecule has 136 valence electrons. The van der Waals surface area contributed by atoms with Crippen molar-refractivity contribution in [3.63, 3.8) is 0 Å². The lowest BCUT2D eigenvalue weighted by atomic mass is 9.95. The summed E-state index contributed by atoms with van der Waals surface area (Å²) in [7, 11) is 0. The van der Waals surface area contributed by atoms with Gasteiger partial charge in [-0.3, -0.25) is 5.26 Å². The largest absolute Gasteiger partial charge is 0.394 e. The predicted molar refractivity (Wildman–Crippen MR) is 84.0 cm³/mol. The molecule has 1 heterocycles.